The van der Waals surface area contributed by atoms with Crippen LogP contribution in [0.5, 0.6) is 0 Å². The van der Waals surface area contributed by atoms with E-state index < -0.39 is 5.41 Å². The molecule has 1 amide bonds. The normalized spacial score (nSPS) is 13.2. The maximum Gasteiger partial charge on any atom is 0.240 e. The molecule has 0 radical (unpaired) electrons. The molecule has 0 aliphatic heterocycles. The summed E-state index contributed by atoms with van der Waals surface area (Å²) in [5.74, 6) is 0.295. The van der Waals surface area contributed by atoms with Crippen molar-refractivity contribution in [1.82, 2.24) is 5.32 Å². The minimum atomic E-state index is -0.827. The average Bonchev–Trinajstić information content (AvgIpc) is 2.28. The quantitative estimate of drug-likeness (QED) is 0.740. The third-order valence-electron chi connectivity index (χ3n) is 3.36. The van der Waals surface area contributed by atoms with Gasteiger partial charge < -0.3 is 5.32 Å². The molecule has 0 rings (SSSR count). The first-order valence-electron chi connectivity index (χ1n) is 6.65. The fraction of sp³-hybridized carbons (Fsp3) is 0.857. The van der Waals surface area contributed by atoms with Crippen LogP contribution in [0.25, 0.3) is 0 Å². The summed E-state index contributed by atoms with van der Waals surface area (Å²) in [4.78, 5) is 12.3. The van der Waals surface area contributed by atoms with E-state index >= 15 is 0 Å². The number of rotatable bonds is 7. The van der Waals surface area contributed by atoms with Crippen LogP contribution in [-0.4, -0.2) is 11.9 Å². The molecular formula is C14H26N2O. The standard InChI is InChI=1S/C14H26N2O/c1-6-8-14(10-15,9-7-2)13(17)16-12(5)11(3)4/h11-12H,6-9H2,1-5H3,(H,16,17). The molecule has 0 fully saturated rings. The van der Waals surface area contributed by atoms with E-state index in [0.29, 0.717) is 18.8 Å². The van der Waals surface area contributed by atoms with Crippen molar-refractivity contribution in [3.63, 3.8) is 0 Å². The highest BCUT2D eigenvalue weighted by atomic mass is 16.2. The van der Waals surface area contributed by atoms with Crippen LogP contribution in [0.3, 0.4) is 0 Å². The second kappa shape index (κ2) is 7.32. The molecule has 3 nitrogen and oxygen atoms in total. The van der Waals surface area contributed by atoms with E-state index in [-0.39, 0.29) is 11.9 Å². The Labute approximate surface area is 106 Å². The van der Waals surface area contributed by atoms with Crippen molar-refractivity contribution in [2.75, 3.05) is 0 Å². The van der Waals surface area contributed by atoms with Gasteiger partial charge in [-0.1, -0.05) is 40.5 Å². The molecule has 0 aromatic rings. The molecule has 0 aliphatic rings. The number of hydrogen-bond donors (Lipinski definition) is 1. The van der Waals surface area contributed by atoms with Crippen molar-refractivity contribution in [2.45, 2.75) is 66.3 Å². The fourth-order valence-electron chi connectivity index (χ4n) is 1.88. The lowest BCUT2D eigenvalue weighted by Crippen LogP contribution is -2.45. The first kappa shape index (κ1) is 16.0. The van der Waals surface area contributed by atoms with Crippen molar-refractivity contribution >= 4 is 5.91 Å². The molecule has 0 aromatic carbocycles. The number of nitrogens with zero attached hydrogens (tertiary/aromatic N) is 1. The summed E-state index contributed by atoms with van der Waals surface area (Å²) in [6.45, 7) is 10.2. The predicted octanol–water partition coefficient (Wildman–Crippen LogP) is 3.26. The zero-order valence-corrected chi connectivity index (χ0v) is 11.8. The molecule has 0 spiro atoms. The van der Waals surface area contributed by atoms with E-state index in [1.165, 1.54) is 0 Å². The molecule has 98 valence electrons. The first-order chi connectivity index (χ1) is 7.93. The number of carbonyl (C=O) groups excluding carboxylic acids is 1. The van der Waals surface area contributed by atoms with E-state index in [2.05, 4.69) is 25.2 Å². The fourth-order valence-corrected chi connectivity index (χ4v) is 1.88. The number of carbonyl (C=O) groups is 1. The lowest BCUT2D eigenvalue weighted by atomic mass is 9.79. The van der Waals surface area contributed by atoms with Gasteiger partial charge in [-0.2, -0.15) is 5.26 Å². The SMILES string of the molecule is CCCC(C#N)(CCC)C(=O)NC(C)C(C)C. The van der Waals surface area contributed by atoms with E-state index in [9.17, 15) is 10.1 Å². The Balaban J connectivity index is 4.81. The molecule has 0 bridgehead atoms. The van der Waals surface area contributed by atoms with Gasteiger partial charge in [0, 0.05) is 6.04 Å². The van der Waals surface area contributed by atoms with Crippen LogP contribution >= 0.6 is 0 Å². The van der Waals surface area contributed by atoms with Gasteiger partial charge in [0.05, 0.1) is 6.07 Å². The molecule has 0 aliphatic carbocycles. The largest absolute Gasteiger partial charge is 0.352 e. The minimum Gasteiger partial charge on any atom is -0.352 e. The molecule has 1 unspecified atom stereocenters. The van der Waals surface area contributed by atoms with Crippen molar-refractivity contribution in [2.24, 2.45) is 11.3 Å². The lowest BCUT2D eigenvalue weighted by molar-refractivity contribution is -0.129. The molecule has 17 heavy (non-hydrogen) atoms. The van der Waals surface area contributed by atoms with E-state index in [1.807, 2.05) is 20.8 Å². The van der Waals surface area contributed by atoms with Crippen LogP contribution in [0.4, 0.5) is 0 Å². The topological polar surface area (TPSA) is 52.9 Å². The molecule has 0 aromatic heterocycles. The van der Waals surface area contributed by atoms with Crippen LogP contribution in [-0.2, 0) is 4.79 Å². The molecule has 1 N–H and O–H groups in total. The average molecular weight is 238 g/mol. The maximum absolute atomic E-state index is 12.3. The van der Waals surface area contributed by atoms with Crippen LogP contribution in [0.2, 0.25) is 0 Å². The van der Waals surface area contributed by atoms with Crippen LogP contribution in [0.15, 0.2) is 0 Å². The summed E-state index contributed by atoms with van der Waals surface area (Å²) in [6.07, 6.45) is 3.01. The van der Waals surface area contributed by atoms with E-state index in [1.54, 1.807) is 0 Å². The van der Waals surface area contributed by atoms with Crippen LogP contribution in [0.1, 0.15) is 60.3 Å². The summed E-state index contributed by atoms with van der Waals surface area (Å²) in [7, 11) is 0. The Morgan fingerprint density at radius 3 is 2.00 bits per heavy atom. The van der Waals surface area contributed by atoms with Gasteiger partial charge in [0.2, 0.25) is 5.91 Å². The van der Waals surface area contributed by atoms with Crippen molar-refractivity contribution in [3.8, 4) is 6.07 Å². The number of nitriles is 1. The number of amides is 1. The molecule has 0 heterocycles. The van der Waals surface area contributed by atoms with Crippen molar-refractivity contribution < 1.29 is 4.79 Å². The van der Waals surface area contributed by atoms with E-state index in [0.717, 1.165) is 12.8 Å². The Morgan fingerprint density at radius 2 is 1.71 bits per heavy atom. The molecule has 1 atom stereocenters. The third-order valence-corrected chi connectivity index (χ3v) is 3.36. The Hall–Kier alpha value is -1.04. The van der Waals surface area contributed by atoms with Gasteiger partial charge in [0.1, 0.15) is 5.41 Å². The second-order valence-electron chi connectivity index (χ2n) is 5.20. The highest BCUT2D eigenvalue weighted by Crippen LogP contribution is 2.29. The van der Waals surface area contributed by atoms with Crippen molar-refractivity contribution in [1.29, 1.82) is 5.26 Å². The molecular weight excluding hydrogens is 212 g/mol. The highest BCUT2D eigenvalue weighted by Gasteiger charge is 2.37. The van der Waals surface area contributed by atoms with Gasteiger partial charge >= 0.3 is 0 Å². The van der Waals surface area contributed by atoms with Crippen LogP contribution < -0.4 is 5.32 Å². The number of nitrogens with one attached hydrogen (secondary N) is 1. The van der Waals surface area contributed by atoms with Gasteiger partial charge in [-0.05, 0) is 25.7 Å². The van der Waals surface area contributed by atoms with Gasteiger partial charge in [0.15, 0.2) is 0 Å². The summed E-state index contributed by atoms with van der Waals surface area (Å²) in [6, 6.07) is 2.36. The Bertz CT molecular complexity index is 272. The van der Waals surface area contributed by atoms with Gasteiger partial charge in [0.25, 0.3) is 0 Å². The second-order valence-corrected chi connectivity index (χ2v) is 5.20. The van der Waals surface area contributed by atoms with Gasteiger partial charge in [-0.15, -0.1) is 0 Å². The monoisotopic (exact) mass is 238 g/mol. The summed E-state index contributed by atoms with van der Waals surface area (Å²) in [5, 5.41) is 12.3. The highest BCUT2D eigenvalue weighted by molar-refractivity contribution is 5.85. The van der Waals surface area contributed by atoms with Crippen molar-refractivity contribution in [3.05, 3.63) is 0 Å². The third kappa shape index (κ3) is 4.38. The molecule has 0 saturated carbocycles. The number of hydrogen-bond acceptors (Lipinski definition) is 2. The summed E-state index contributed by atoms with van der Waals surface area (Å²) < 4.78 is 0. The predicted molar refractivity (Wildman–Crippen MR) is 70.3 cm³/mol. The summed E-state index contributed by atoms with van der Waals surface area (Å²) in [5.41, 5.74) is -0.827. The zero-order chi connectivity index (χ0) is 13.5. The first-order valence-corrected chi connectivity index (χ1v) is 6.65. The Kier molecular flexibility index (Phi) is 6.87. The summed E-state index contributed by atoms with van der Waals surface area (Å²) >= 11 is 0. The van der Waals surface area contributed by atoms with E-state index in [4.69, 9.17) is 0 Å². The van der Waals surface area contributed by atoms with Crippen LogP contribution in [0, 0.1) is 22.7 Å². The maximum atomic E-state index is 12.3. The minimum absolute atomic E-state index is 0.0927. The lowest BCUT2D eigenvalue weighted by Gasteiger charge is -2.28. The smallest absolute Gasteiger partial charge is 0.240 e. The van der Waals surface area contributed by atoms with Gasteiger partial charge in [-0.25, -0.2) is 0 Å². The molecule has 0 saturated heterocycles. The Morgan fingerprint density at radius 1 is 1.24 bits per heavy atom. The molecule has 3 heteroatoms. The zero-order valence-electron chi connectivity index (χ0n) is 11.8. The van der Waals surface area contributed by atoms with Gasteiger partial charge in [-0.3, -0.25) is 4.79 Å².